The van der Waals surface area contributed by atoms with Gasteiger partial charge in [0.15, 0.2) is 0 Å². The van der Waals surface area contributed by atoms with E-state index in [2.05, 4.69) is 25.2 Å². The van der Waals surface area contributed by atoms with Crippen molar-refractivity contribution in [2.45, 2.75) is 72.8 Å². The third-order valence-corrected chi connectivity index (χ3v) is 3.66. The number of hydrogen-bond acceptors (Lipinski definition) is 2. The summed E-state index contributed by atoms with van der Waals surface area (Å²) in [5, 5.41) is 10.0. The minimum absolute atomic E-state index is 0.365. The van der Waals surface area contributed by atoms with Crippen molar-refractivity contribution < 1.29 is 9.90 Å². The molecule has 1 unspecified atom stereocenters. The van der Waals surface area contributed by atoms with Crippen LogP contribution < -0.4 is 0 Å². The standard InChI is InChI=1S/C20H32O2/c1-16(2)12-13-20(22)19(5)11-7-10-17(3)8-6-9-18(4)14-15-21/h8,11-12,14-15,20,22H,6-7,9-10,13H2,1-5H3/b17-8+,18-14-,19-11+. The van der Waals surface area contributed by atoms with E-state index < -0.39 is 0 Å². The van der Waals surface area contributed by atoms with Crippen LogP contribution in [0.4, 0.5) is 0 Å². The van der Waals surface area contributed by atoms with Crippen LogP contribution in [0.1, 0.15) is 66.7 Å². The minimum atomic E-state index is -0.365. The number of carbonyl (C=O) groups is 1. The molecule has 0 saturated heterocycles. The van der Waals surface area contributed by atoms with Gasteiger partial charge < -0.3 is 5.11 Å². The molecule has 0 amide bonds. The molecule has 0 aliphatic heterocycles. The maximum absolute atomic E-state index is 10.3. The lowest BCUT2D eigenvalue weighted by molar-refractivity contribution is -0.104. The summed E-state index contributed by atoms with van der Waals surface area (Å²) >= 11 is 0. The van der Waals surface area contributed by atoms with E-state index in [4.69, 9.17) is 0 Å². The zero-order chi connectivity index (χ0) is 17.0. The average Bonchev–Trinajstić information content (AvgIpc) is 2.44. The van der Waals surface area contributed by atoms with Crippen molar-refractivity contribution >= 4 is 6.29 Å². The zero-order valence-corrected chi connectivity index (χ0v) is 14.9. The summed E-state index contributed by atoms with van der Waals surface area (Å²) in [6.07, 6.45) is 13.2. The number of rotatable bonds is 10. The minimum Gasteiger partial charge on any atom is -0.388 e. The molecule has 0 aliphatic rings. The van der Waals surface area contributed by atoms with Crippen LogP contribution in [0.3, 0.4) is 0 Å². The van der Waals surface area contributed by atoms with E-state index in [0.29, 0.717) is 6.42 Å². The summed E-state index contributed by atoms with van der Waals surface area (Å²) in [7, 11) is 0. The van der Waals surface area contributed by atoms with Gasteiger partial charge in [-0.3, -0.25) is 4.79 Å². The highest BCUT2D eigenvalue weighted by Crippen LogP contribution is 2.13. The first-order chi connectivity index (χ1) is 10.4. The predicted octanol–water partition coefficient (Wildman–Crippen LogP) is 5.30. The van der Waals surface area contributed by atoms with Crippen molar-refractivity contribution in [3.8, 4) is 0 Å². The van der Waals surface area contributed by atoms with E-state index in [9.17, 15) is 9.90 Å². The first-order valence-corrected chi connectivity index (χ1v) is 8.11. The molecule has 2 heteroatoms. The Balaban J connectivity index is 4.15. The highest BCUT2D eigenvalue weighted by atomic mass is 16.3. The Kier molecular flexibility index (Phi) is 11.4. The van der Waals surface area contributed by atoms with E-state index in [0.717, 1.165) is 43.1 Å². The number of hydrogen-bond donors (Lipinski definition) is 1. The quantitative estimate of drug-likeness (QED) is 0.338. The lowest BCUT2D eigenvalue weighted by Crippen LogP contribution is -2.06. The predicted molar refractivity (Wildman–Crippen MR) is 95.9 cm³/mol. The number of aliphatic hydroxyl groups is 1. The maximum atomic E-state index is 10.3. The summed E-state index contributed by atoms with van der Waals surface area (Å²) in [5.74, 6) is 0. The molecule has 1 N–H and O–H groups in total. The molecule has 0 aliphatic carbocycles. The van der Waals surface area contributed by atoms with Gasteiger partial charge in [0.2, 0.25) is 0 Å². The second-order valence-electron chi connectivity index (χ2n) is 6.26. The highest BCUT2D eigenvalue weighted by molar-refractivity contribution is 5.65. The average molecular weight is 304 g/mol. The van der Waals surface area contributed by atoms with E-state index in [-0.39, 0.29) is 6.10 Å². The molecule has 0 saturated carbocycles. The third kappa shape index (κ3) is 11.3. The van der Waals surface area contributed by atoms with Gasteiger partial charge in [-0.25, -0.2) is 0 Å². The smallest absolute Gasteiger partial charge is 0.142 e. The maximum Gasteiger partial charge on any atom is 0.142 e. The van der Waals surface area contributed by atoms with Gasteiger partial charge in [-0.1, -0.05) is 34.9 Å². The monoisotopic (exact) mass is 304 g/mol. The molecule has 22 heavy (non-hydrogen) atoms. The number of aliphatic hydroxyl groups excluding tert-OH is 1. The first-order valence-electron chi connectivity index (χ1n) is 8.11. The summed E-state index contributed by atoms with van der Waals surface area (Å²) in [6.45, 7) is 10.2. The van der Waals surface area contributed by atoms with Gasteiger partial charge >= 0.3 is 0 Å². The van der Waals surface area contributed by atoms with Gasteiger partial charge in [-0.15, -0.1) is 0 Å². The second kappa shape index (κ2) is 12.2. The number of allylic oxidation sites excluding steroid dienone is 6. The van der Waals surface area contributed by atoms with Crippen molar-refractivity contribution in [1.82, 2.24) is 0 Å². The van der Waals surface area contributed by atoms with Crippen molar-refractivity contribution in [3.05, 3.63) is 46.6 Å². The van der Waals surface area contributed by atoms with Crippen LogP contribution in [0.15, 0.2) is 46.6 Å². The SMILES string of the molecule is CC(C)=CCC(O)/C(C)=C/CC/C(C)=C/CC/C(C)=C\C=O. The highest BCUT2D eigenvalue weighted by Gasteiger charge is 2.03. The van der Waals surface area contributed by atoms with Crippen LogP contribution in [-0.2, 0) is 4.79 Å². The molecule has 124 valence electrons. The Bertz CT molecular complexity index is 446. The molecule has 0 bridgehead atoms. The van der Waals surface area contributed by atoms with Crippen molar-refractivity contribution in [1.29, 1.82) is 0 Å². The lowest BCUT2D eigenvalue weighted by atomic mass is 10.0. The Morgan fingerprint density at radius 1 is 0.909 bits per heavy atom. The Morgan fingerprint density at radius 3 is 2.09 bits per heavy atom. The molecule has 0 spiro atoms. The summed E-state index contributed by atoms with van der Waals surface area (Å²) < 4.78 is 0. The van der Waals surface area contributed by atoms with Crippen LogP contribution in [0.2, 0.25) is 0 Å². The van der Waals surface area contributed by atoms with Gasteiger partial charge in [0, 0.05) is 0 Å². The molecular formula is C20H32O2. The molecule has 0 aromatic heterocycles. The summed E-state index contributed by atoms with van der Waals surface area (Å²) in [4.78, 5) is 10.3. The third-order valence-electron chi connectivity index (χ3n) is 3.66. The lowest BCUT2D eigenvalue weighted by Gasteiger charge is -2.09. The largest absolute Gasteiger partial charge is 0.388 e. The van der Waals surface area contributed by atoms with Gasteiger partial charge in [-0.2, -0.15) is 0 Å². The van der Waals surface area contributed by atoms with Crippen LogP contribution >= 0.6 is 0 Å². The molecule has 1 atom stereocenters. The van der Waals surface area contributed by atoms with Crippen LogP contribution in [0, 0.1) is 0 Å². The summed E-state index contributed by atoms with van der Waals surface area (Å²) in [6, 6.07) is 0. The fourth-order valence-electron chi connectivity index (χ4n) is 2.04. The normalized spacial score (nSPS) is 14.7. The Labute approximate surface area is 136 Å². The van der Waals surface area contributed by atoms with E-state index in [1.54, 1.807) is 6.08 Å². The van der Waals surface area contributed by atoms with Gasteiger partial charge in [-0.05, 0) is 78.4 Å². The molecule has 0 aromatic carbocycles. The first kappa shape index (κ1) is 20.6. The van der Waals surface area contributed by atoms with Crippen LogP contribution in [0.5, 0.6) is 0 Å². The molecule has 0 heterocycles. The fourth-order valence-corrected chi connectivity index (χ4v) is 2.04. The van der Waals surface area contributed by atoms with E-state index in [1.807, 2.05) is 27.7 Å². The van der Waals surface area contributed by atoms with Crippen LogP contribution in [-0.4, -0.2) is 17.5 Å². The fraction of sp³-hybridized carbons (Fsp3) is 0.550. The van der Waals surface area contributed by atoms with Gasteiger partial charge in [0.25, 0.3) is 0 Å². The van der Waals surface area contributed by atoms with Gasteiger partial charge in [0.1, 0.15) is 6.29 Å². The number of aldehydes is 1. The van der Waals surface area contributed by atoms with E-state index >= 15 is 0 Å². The van der Waals surface area contributed by atoms with Crippen molar-refractivity contribution in [2.24, 2.45) is 0 Å². The Morgan fingerprint density at radius 2 is 1.50 bits per heavy atom. The van der Waals surface area contributed by atoms with Crippen LogP contribution in [0.25, 0.3) is 0 Å². The zero-order valence-electron chi connectivity index (χ0n) is 14.9. The topological polar surface area (TPSA) is 37.3 Å². The molecule has 0 fully saturated rings. The van der Waals surface area contributed by atoms with Crippen molar-refractivity contribution in [2.75, 3.05) is 0 Å². The summed E-state index contributed by atoms with van der Waals surface area (Å²) in [5.41, 5.74) is 4.78. The molecule has 0 aromatic rings. The second-order valence-corrected chi connectivity index (χ2v) is 6.26. The van der Waals surface area contributed by atoms with Gasteiger partial charge in [0.05, 0.1) is 6.10 Å². The Hall–Kier alpha value is -1.41. The molecule has 0 rings (SSSR count). The van der Waals surface area contributed by atoms with E-state index in [1.165, 1.54) is 11.1 Å². The molecule has 0 radical (unpaired) electrons. The molecule has 2 nitrogen and oxygen atoms in total. The molecular weight excluding hydrogens is 272 g/mol. The number of carbonyl (C=O) groups excluding carboxylic acids is 1. The van der Waals surface area contributed by atoms with Crippen molar-refractivity contribution in [3.63, 3.8) is 0 Å².